The maximum absolute atomic E-state index is 12.7. The quantitative estimate of drug-likeness (QED) is 0.329. The molecule has 2 aromatic carbocycles. The lowest BCUT2D eigenvalue weighted by molar-refractivity contribution is 0.0987. The number of rotatable bonds is 8. The summed E-state index contributed by atoms with van der Waals surface area (Å²) in [5.74, 6) is 0.940. The molecule has 3 aromatic rings. The van der Waals surface area contributed by atoms with Crippen molar-refractivity contribution in [1.82, 2.24) is 9.97 Å². The Labute approximate surface area is 187 Å². The van der Waals surface area contributed by atoms with Crippen molar-refractivity contribution in [2.45, 2.75) is 18.9 Å². The van der Waals surface area contributed by atoms with Gasteiger partial charge in [-0.1, -0.05) is 36.4 Å². The second kappa shape index (κ2) is 9.91. The van der Waals surface area contributed by atoms with Gasteiger partial charge in [0.25, 0.3) is 6.02 Å². The fraction of sp³-hybridized carbons (Fsp3) is 0.250. The van der Waals surface area contributed by atoms with E-state index in [4.69, 9.17) is 19.9 Å². The minimum atomic E-state index is -0.842. The number of ether oxygens (including phenoxy) is 3. The molecular formula is C24H26N4O4. The van der Waals surface area contributed by atoms with Crippen molar-refractivity contribution < 1.29 is 19.0 Å². The van der Waals surface area contributed by atoms with Crippen LogP contribution in [-0.2, 0) is 16.7 Å². The van der Waals surface area contributed by atoms with Crippen LogP contribution in [0, 0.1) is 0 Å². The molecule has 0 saturated heterocycles. The number of carbonyl (C=O) groups excluding carboxylic acids is 1. The van der Waals surface area contributed by atoms with E-state index in [1.807, 2.05) is 55.5 Å². The summed E-state index contributed by atoms with van der Waals surface area (Å²) in [6, 6.07) is 15.3. The molecule has 0 aliphatic carbocycles. The van der Waals surface area contributed by atoms with Gasteiger partial charge in [0.2, 0.25) is 5.88 Å². The van der Waals surface area contributed by atoms with Crippen LogP contribution in [0.5, 0.6) is 11.6 Å². The van der Waals surface area contributed by atoms with Crippen LogP contribution in [-0.4, -0.2) is 43.1 Å². The number of aliphatic imine (C=N–C) groups is 1. The number of methoxy groups -OCH3 is 3. The molecule has 8 nitrogen and oxygen atoms in total. The van der Waals surface area contributed by atoms with Gasteiger partial charge in [0, 0.05) is 6.42 Å². The van der Waals surface area contributed by atoms with Crippen LogP contribution >= 0.6 is 0 Å². The largest absolute Gasteiger partial charge is 0.497 e. The highest BCUT2D eigenvalue weighted by atomic mass is 16.5. The Morgan fingerprint density at radius 3 is 2.34 bits per heavy atom. The SMILES string of the molecule is COC(N)=NC(C)(c1ccc(OC)cc1)c1cccc(CC(=O)c2cnc(OC)cn2)c1. The number of nitrogens with zero attached hydrogens (tertiary/aromatic N) is 3. The van der Waals surface area contributed by atoms with E-state index in [2.05, 4.69) is 15.0 Å². The van der Waals surface area contributed by atoms with Crippen molar-refractivity contribution in [3.63, 3.8) is 0 Å². The van der Waals surface area contributed by atoms with Gasteiger partial charge in [-0.25, -0.2) is 15.0 Å². The number of aromatic nitrogens is 2. The molecule has 0 bridgehead atoms. The monoisotopic (exact) mass is 434 g/mol. The van der Waals surface area contributed by atoms with Gasteiger partial charge in [-0.3, -0.25) is 4.79 Å². The molecular weight excluding hydrogens is 408 g/mol. The van der Waals surface area contributed by atoms with E-state index in [0.29, 0.717) is 5.88 Å². The van der Waals surface area contributed by atoms with Crippen LogP contribution in [0.4, 0.5) is 0 Å². The number of benzene rings is 2. The Hall–Kier alpha value is -3.94. The van der Waals surface area contributed by atoms with Crippen molar-refractivity contribution in [3.8, 4) is 11.6 Å². The van der Waals surface area contributed by atoms with Crippen molar-refractivity contribution in [1.29, 1.82) is 0 Å². The molecule has 8 heteroatoms. The number of ketones is 1. The number of Topliss-reactive ketones (excluding diaryl/α,β-unsaturated/α-hetero) is 1. The Kier molecular flexibility index (Phi) is 7.04. The summed E-state index contributed by atoms with van der Waals surface area (Å²) < 4.78 is 15.4. The Morgan fingerprint density at radius 2 is 1.75 bits per heavy atom. The van der Waals surface area contributed by atoms with Gasteiger partial charge in [-0.15, -0.1) is 0 Å². The zero-order valence-corrected chi connectivity index (χ0v) is 18.5. The van der Waals surface area contributed by atoms with Gasteiger partial charge in [0.1, 0.15) is 17.0 Å². The molecule has 1 atom stereocenters. The average Bonchev–Trinajstić information content (AvgIpc) is 2.84. The first kappa shape index (κ1) is 22.7. The fourth-order valence-electron chi connectivity index (χ4n) is 3.30. The highest BCUT2D eigenvalue weighted by molar-refractivity contribution is 5.95. The second-order valence-electron chi connectivity index (χ2n) is 7.20. The van der Waals surface area contributed by atoms with Crippen LogP contribution < -0.4 is 15.2 Å². The van der Waals surface area contributed by atoms with Crippen molar-refractivity contribution >= 4 is 11.8 Å². The maximum Gasteiger partial charge on any atom is 0.282 e. The first-order valence-electron chi connectivity index (χ1n) is 9.92. The van der Waals surface area contributed by atoms with Gasteiger partial charge >= 0.3 is 0 Å². The molecule has 2 N–H and O–H groups in total. The summed E-state index contributed by atoms with van der Waals surface area (Å²) in [6.45, 7) is 1.94. The summed E-state index contributed by atoms with van der Waals surface area (Å²) in [6.07, 6.45) is 3.00. The van der Waals surface area contributed by atoms with Gasteiger partial charge in [-0.2, -0.15) is 0 Å². The van der Waals surface area contributed by atoms with Gasteiger partial charge in [0.05, 0.1) is 33.7 Å². The minimum absolute atomic E-state index is 0.0540. The standard InChI is InChI=1S/C24H26N4O4/c1-24(28-23(25)32-4,17-8-10-19(30-2)11-9-17)18-7-5-6-16(12-18)13-21(29)20-14-27-22(31-3)15-26-20/h5-12,14-15H,13H2,1-4H3,(H2,25,28). The average molecular weight is 434 g/mol. The molecule has 1 unspecified atom stereocenters. The van der Waals surface area contributed by atoms with Crippen LogP contribution in [0.25, 0.3) is 0 Å². The van der Waals surface area contributed by atoms with E-state index in [1.165, 1.54) is 26.6 Å². The van der Waals surface area contributed by atoms with Gasteiger partial charge < -0.3 is 19.9 Å². The highest BCUT2D eigenvalue weighted by Gasteiger charge is 2.30. The summed E-state index contributed by atoms with van der Waals surface area (Å²) >= 11 is 0. The summed E-state index contributed by atoms with van der Waals surface area (Å²) in [5.41, 5.74) is 7.93. The Balaban J connectivity index is 1.95. The number of carbonyl (C=O) groups is 1. The first-order valence-corrected chi connectivity index (χ1v) is 9.92. The zero-order chi connectivity index (χ0) is 23.1. The minimum Gasteiger partial charge on any atom is -0.497 e. The smallest absolute Gasteiger partial charge is 0.282 e. The molecule has 0 aliphatic heterocycles. The van der Waals surface area contributed by atoms with Crippen LogP contribution in [0.1, 0.15) is 34.1 Å². The molecule has 0 radical (unpaired) electrons. The van der Waals surface area contributed by atoms with Crippen molar-refractivity contribution in [2.75, 3.05) is 21.3 Å². The van der Waals surface area contributed by atoms with E-state index in [0.717, 1.165) is 22.4 Å². The van der Waals surface area contributed by atoms with E-state index in [1.54, 1.807) is 7.11 Å². The molecule has 0 aliphatic rings. The summed E-state index contributed by atoms with van der Waals surface area (Å²) in [7, 11) is 4.58. The third-order valence-electron chi connectivity index (χ3n) is 5.17. The number of amidine groups is 1. The molecule has 32 heavy (non-hydrogen) atoms. The molecule has 0 amide bonds. The van der Waals surface area contributed by atoms with Crippen LogP contribution in [0.15, 0.2) is 65.9 Å². The number of hydrogen-bond acceptors (Lipinski definition) is 7. The van der Waals surface area contributed by atoms with Gasteiger partial charge in [0.15, 0.2) is 5.78 Å². The highest BCUT2D eigenvalue weighted by Crippen LogP contribution is 2.35. The number of hydrogen-bond donors (Lipinski definition) is 1. The van der Waals surface area contributed by atoms with Crippen molar-refractivity contribution in [3.05, 3.63) is 83.3 Å². The lowest BCUT2D eigenvalue weighted by Gasteiger charge is -2.27. The molecule has 166 valence electrons. The molecule has 3 rings (SSSR count). The first-order chi connectivity index (χ1) is 15.4. The third-order valence-corrected chi connectivity index (χ3v) is 5.17. The molecule has 0 saturated carbocycles. The lowest BCUT2D eigenvalue weighted by atomic mass is 9.84. The Bertz CT molecular complexity index is 1100. The topological polar surface area (TPSA) is 109 Å². The van der Waals surface area contributed by atoms with Crippen LogP contribution in [0.2, 0.25) is 0 Å². The molecule has 1 aromatic heterocycles. The van der Waals surface area contributed by atoms with E-state index in [-0.39, 0.29) is 23.9 Å². The third kappa shape index (κ3) is 5.03. The van der Waals surface area contributed by atoms with E-state index in [9.17, 15) is 4.79 Å². The van der Waals surface area contributed by atoms with Crippen LogP contribution in [0.3, 0.4) is 0 Å². The van der Waals surface area contributed by atoms with E-state index < -0.39 is 5.54 Å². The predicted octanol–water partition coefficient (Wildman–Crippen LogP) is 3.14. The fourth-order valence-corrected chi connectivity index (χ4v) is 3.30. The molecule has 0 fully saturated rings. The predicted molar refractivity (Wildman–Crippen MR) is 121 cm³/mol. The second-order valence-corrected chi connectivity index (χ2v) is 7.20. The van der Waals surface area contributed by atoms with E-state index >= 15 is 0 Å². The molecule has 0 spiro atoms. The number of nitrogens with two attached hydrogens (primary N) is 1. The normalized spacial score (nSPS) is 13.2. The van der Waals surface area contributed by atoms with Gasteiger partial charge in [-0.05, 0) is 35.7 Å². The maximum atomic E-state index is 12.7. The summed E-state index contributed by atoms with van der Waals surface area (Å²) in [4.78, 5) is 25.5. The zero-order valence-electron chi connectivity index (χ0n) is 18.5. The summed E-state index contributed by atoms with van der Waals surface area (Å²) in [5, 5.41) is 0. The van der Waals surface area contributed by atoms with Crippen molar-refractivity contribution in [2.24, 2.45) is 10.7 Å². The Morgan fingerprint density at radius 1 is 1.00 bits per heavy atom. The lowest BCUT2D eigenvalue weighted by Crippen LogP contribution is -2.27. The molecule has 1 heterocycles.